The van der Waals surface area contributed by atoms with E-state index in [2.05, 4.69) is 397 Å². The average molecular weight is 1410 g/mol. The van der Waals surface area contributed by atoms with Gasteiger partial charge in [0.1, 0.15) is 0 Å². The minimum absolute atomic E-state index is 0.191. The second kappa shape index (κ2) is 25.5. The maximum absolute atomic E-state index is 2.95. The standard InChI is InChI=1S/C103H81B2N5/c1-103(2,3)77-61-95-99-96(62-77)110(102-85(73-40-20-8-21-41-73)59-76(70-34-14-5-15-35-70)60-86(102)74-42-22-9-23-43-74)94-66-93-89(65-90(94)104(99)87-48-28-30-50-91(87)107(95)78-44-24-10-25-45-78)105-88-49-29-31-51-92(88)109(101-83(71-36-16-6-17-37-71)57-75(69-32-12-4-13-33-69)58-84(101)72-38-18-7-19-39-72)98-64-82(106-80-53-67-52-68(55-80)56-81(106)54-67)63-97(100(98)105)108(93)79-46-26-11-27-47-79/h4-51,57-68,80-81H,52-56H2,1-3H3. The molecule has 2 saturated carbocycles. The smallest absolute Gasteiger partial charge is 0.252 e. The summed E-state index contributed by atoms with van der Waals surface area (Å²) in [5, 5.41) is 0. The lowest BCUT2D eigenvalue weighted by molar-refractivity contribution is 0.0900. The van der Waals surface area contributed by atoms with Crippen LogP contribution in [0.1, 0.15) is 58.4 Å². The highest BCUT2D eigenvalue weighted by atomic mass is 15.2. The van der Waals surface area contributed by atoms with Crippen molar-refractivity contribution < 1.29 is 0 Å². The van der Waals surface area contributed by atoms with Crippen LogP contribution < -0.4 is 57.3 Å². The largest absolute Gasteiger partial charge is 0.365 e. The van der Waals surface area contributed by atoms with Crippen molar-refractivity contribution in [1.82, 2.24) is 0 Å². The summed E-state index contributed by atoms with van der Waals surface area (Å²) in [6, 6.07) is 135. The van der Waals surface area contributed by atoms with Gasteiger partial charge in [0.2, 0.25) is 0 Å². The number of benzene rings is 15. The molecule has 0 unspecified atom stereocenters. The predicted octanol–water partition coefficient (Wildman–Crippen LogP) is 22.9. The average Bonchev–Trinajstić information content (AvgIpc) is 0.680. The van der Waals surface area contributed by atoms with Gasteiger partial charge in [-0.3, -0.25) is 0 Å². The van der Waals surface area contributed by atoms with Crippen LogP contribution in [0.5, 0.6) is 0 Å². The summed E-state index contributed by atoms with van der Waals surface area (Å²) < 4.78 is 0. The molecule has 8 aliphatic rings. The predicted molar refractivity (Wildman–Crippen MR) is 466 cm³/mol. The van der Waals surface area contributed by atoms with Gasteiger partial charge in [0.05, 0.1) is 11.4 Å². The quantitative estimate of drug-likeness (QED) is 0.120. The van der Waals surface area contributed by atoms with Crippen molar-refractivity contribution in [2.45, 2.75) is 70.4 Å². The molecule has 6 aliphatic heterocycles. The highest BCUT2D eigenvalue weighted by Gasteiger charge is 2.52. The van der Waals surface area contributed by atoms with Crippen LogP contribution in [-0.2, 0) is 5.41 Å². The molecule has 5 nitrogen and oxygen atoms in total. The Morgan fingerprint density at radius 2 is 0.555 bits per heavy atom. The summed E-state index contributed by atoms with van der Waals surface area (Å²) in [5.41, 5.74) is 38.2. The van der Waals surface area contributed by atoms with Crippen molar-refractivity contribution >= 4 is 120 Å². The monoisotopic (exact) mass is 1410 g/mol. The lowest BCUT2D eigenvalue weighted by Gasteiger charge is -2.58. The molecule has 7 heteroatoms. The highest BCUT2D eigenvalue weighted by Crippen LogP contribution is 2.58. The van der Waals surface area contributed by atoms with Crippen LogP contribution in [0.3, 0.4) is 0 Å². The summed E-state index contributed by atoms with van der Waals surface area (Å²) in [6.07, 6.45) is 6.36. The molecule has 2 saturated heterocycles. The van der Waals surface area contributed by atoms with E-state index in [0.717, 1.165) is 56.8 Å². The number of anilines is 13. The van der Waals surface area contributed by atoms with Gasteiger partial charge in [-0.15, -0.1) is 0 Å². The fourth-order valence-corrected chi connectivity index (χ4v) is 20.8. The first-order valence-corrected chi connectivity index (χ1v) is 39.7. The van der Waals surface area contributed by atoms with E-state index in [4.69, 9.17) is 0 Å². The van der Waals surface area contributed by atoms with Crippen LogP contribution in [-0.4, -0.2) is 25.5 Å². The van der Waals surface area contributed by atoms with E-state index in [0.29, 0.717) is 12.1 Å². The third-order valence-corrected chi connectivity index (χ3v) is 25.3. The van der Waals surface area contributed by atoms with Crippen molar-refractivity contribution in [2.24, 2.45) is 11.8 Å². The Labute approximate surface area is 646 Å². The number of hydrogen-bond donors (Lipinski definition) is 0. The van der Waals surface area contributed by atoms with E-state index < -0.39 is 0 Å². The first kappa shape index (κ1) is 64.6. The maximum atomic E-state index is 2.95. The Balaban J connectivity index is 0.890. The Bertz CT molecular complexity index is 5960. The summed E-state index contributed by atoms with van der Waals surface area (Å²) in [7, 11) is 0. The van der Waals surface area contributed by atoms with Gasteiger partial charge in [0.25, 0.3) is 13.4 Å². The van der Waals surface area contributed by atoms with Crippen molar-refractivity contribution in [3.05, 3.63) is 357 Å². The number of hydrogen-bond acceptors (Lipinski definition) is 5. The van der Waals surface area contributed by atoms with E-state index >= 15 is 0 Å². The van der Waals surface area contributed by atoms with Gasteiger partial charge in [-0.1, -0.05) is 282 Å². The second-order valence-corrected chi connectivity index (χ2v) is 32.7. The summed E-state index contributed by atoms with van der Waals surface area (Å²) in [4.78, 5) is 13.8. The van der Waals surface area contributed by atoms with Crippen molar-refractivity contribution in [3.63, 3.8) is 0 Å². The van der Waals surface area contributed by atoms with E-state index in [1.165, 1.54) is 166 Å². The minimum atomic E-state index is -0.254. The van der Waals surface area contributed by atoms with Crippen LogP contribution in [0.25, 0.3) is 66.8 Å². The van der Waals surface area contributed by atoms with Crippen LogP contribution in [0.15, 0.2) is 352 Å². The first-order chi connectivity index (χ1) is 54.2. The Morgan fingerprint density at radius 3 is 0.955 bits per heavy atom. The molecule has 6 heterocycles. The van der Waals surface area contributed by atoms with E-state index in [9.17, 15) is 0 Å². The van der Waals surface area contributed by atoms with Gasteiger partial charge < -0.3 is 24.5 Å². The molecule has 110 heavy (non-hydrogen) atoms. The molecule has 0 N–H and O–H groups in total. The lowest BCUT2D eigenvalue weighted by atomic mass is 9.30. The fraction of sp³-hybridized carbons (Fsp3) is 0.126. The third kappa shape index (κ3) is 10.3. The van der Waals surface area contributed by atoms with Crippen LogP contribution in [0.2, 0.25) is 0 Å². The fourth-order valence-electron chi connectivity index (χ4n) is 20.8. The Morgan fingerprint density at radius 1 is 0.245 bits per heavy atom. The number of nitrogens with zero attached hydrogens (tertiary/aromatic N) is 5. The zero-order chi connectivity index (χ0) is 72.9. The van der Waals surface area contributed by atoms with E-state index in [-0.39, 0.29) is 18.8 Å². The summed E-state index contributed by atoms with van der Waals surface area (Å²) >= 11 is 0. The number of rotatable bonds is 11. The molecule has 0 spiro atoms. The zero-order valence-electron chi connectivity index (χ0n) is 62.2. The normalized spacial score (nSPS) is 17.3. The third-order valence-electron chi connectivity index (χ3n) is 25.3. The number of para-hydroxylation sites is 4. The molecular weight excluding hydrogens is 1330 g/mol. The lowest BCUT2D eigenvalue weighted by Crippen LogP contribution is -2.65. The Hall–Kier alpha value is -12.6. The number of fused-ring (bicyclic) bond motifs is 8. The topological polar surface area (TPSA) is 16.2 Å². The van der Waals surface area contributed by atoms with E-state index in [1.807, 2.05) is 0 Å². The molecule has 15 aromatic carbocycles. The molecule has 4 fully saturated rings. The first-order valence-electron chi connectivity index (χ1n) is 39.7. The van der Waals surface area contributed by atoms with Crippen molar-refractivity contribution in [3.8, 4) is 66.8 Å². The second-order valence-electron chi connectivity index (χ2n) is 32.7. The van der Waals surface area contributed by atoms with Crippen molar-refractivity contribution in [1.29, 1.82) is 0 Å². The molecule has 0 amide bonds. The van der Waals surface area contributed by atoms with Crippen LogP contribution >= 0.6 is 0 Å². The van der Waals surface area contributed by atoms with Gasteiger partial charge >= 0.3 is 0 Å². The number of piperidine rings is 2. The molecule has 0 aromatic heterocycles. The molecule has 4 bridgehead atoms. The molecule has 23 rings (SSSR count). The van der Waals surface area contributed by atoms with Gasteiger partial charge in [-0.2, -0.15) is 0 Å². The SMILES string of the molecule is CC(C)(C)c1cc2c3c(c1)N(c1c(-c4ccccc4)cc(-c4ccccc4)cc1-c1ccccc1)c1cc4c(cc1B3c1ccccc1N2c1ccccc1)B1c2ccccc2N(c2c(-c3ccccc3)cc(-c3ccccc3)cc2-c2ccccc2)c2cc(N3C5CC6CC(C5)CC3C6)cc(c21)N4c1ccccc1. The molecule has 0 radical (unpaired) electrons. The van der Waals surface area contributed by atoms with E-state index in [1.54, 1.807) is 0 Å². The van der Waals surface area contributed by atoms with Gasteiger partial charge in [0.15, 0.2) is 0 Å². The summed E-state index contributed by atoms with van der Waals surface area (Å²) in [6.45, 7) is 6.78. The summed E-state index contributed by atoms with van der Waals surface area (Å²) in [5.74, 6) is 1.56. The minimum Gasteiger partial charge on any atom is -0.365 e. The zero-order valence-corrected chi connectivity index (χ0v) is 62.2. The molecule has 524 valence electrons. The van der Waals surface area contributed by atoms with Crippen LogP contribution in [0.4, 0.5) is 73.9 Å². The highest BCUT2D eigenvalue weighted by molar-refractivity contribution is 7.03. The van der Waals surface area contributed by atoms with Gasteiger partial charge in [0, 0.05) is 96.9 Å². The van der Waals surface area contributed by atoms with Crippen molar-refractivity contribution in [2.75, 3.05) is 24.5 Å². The van der Waals surface area contributed by atoms with Gasteiger partial charge in [-0.25, -0.2) is 0 Å². The molecule has 0 atom stereocenters. The van der Waals surface area contributed by atoms with Crippen LogP contribution in [0, 0.1) is 11.8 Å². The Kier molecular flexibility index (Phi) is 15.0. The van der Waals surface area contributed by atoms with Gasteiger partial charge in [-0.05, 0) is 223 Å². The molecule has 2 aliphatic carbocycles. The molecular formula is C103H81B2N5. The maximum Gasteiger partial charge on any atom is 0.252 e. The molecule has 15 aromatic rings.